The first-order valence-electron chi connectivity index (χ1n) is 14.6. The molecule has 1 spiro atoms. The van der Waals surface area contributed by atoms with Gasteiger partial charge in [0.25, 0.3) is 5.56 Å². The fourth-order valence-corrected chi connectivity index (χ4v) is 7.65. The number of imidazole rings is 1. The summed E-state index contributed by atoms with van der Waals surface area (Å²) in [4.78, 5) is 47.5. The van der Waals surface area contributed by atoms with Gasteiger partial charge in [0.05, 0.1) is 23.3 Å². The molecular weight excluding hydrogens is 537 g/mol. The van der Waals surface area contributed by atoms with Crippen LogP contribution in [0.15, 0.2) is 47.4 Å². The Hall–Kier alpha value is -3.89. The Morgan fingerprint density at radius 2 is 1.88 bits per heavy atom. The molecule has 9 nitrogen and oxygen atoms in total. The number of likely N-dealkylation sites (N-methyl/N-ethyl adjacent to an activating group) is 1. The first-order valence-corrected chi connectivity index (χ1v) is 14.6. The molecule has 5 heterocycles. The number of aromatic nitrogens is 3. The van der Waals surface area contributed by atoms with Gasteiger partial charge in [0.2, 0.25) is 5.91 Å². The van der Waals surface area contributed by atoms with Crippen LogP contribution in [0.5, 0.6) is 0 Å². The van der Waals surface area contributed by atoms with Crippen LogP contribution in [0, 0.1) is 18.2 Å². The number of carbonyl (C=O) groups is 2. The fraction of sp³-hybridized carbons (Fsp3) is 0.438. The third-order valence-corrected chi connectivity index (χ3v) is 9.92. The van der Waals surface area contributed by atoms with Crippen LogP contribution in [-0.2, 0) is 16.1 Å². The number of benzene rings is 2. The molecule has 1 amide bonds. The predicted octanol–water partition coefficient (Wildman–Crippen LogP) is 3.82. The summed E-state index contributed by atoms with van der Waals surface area (Å²) in [6.07, 6.45) is 6.65. The van der Waals surface area contributed by atoms with Crippen LogP contribution in [0.2, 0.25) is 0 Å². The number of H-pyrrole nitrogens is 1. The number of aryl methyl sites for hydroxylation is 1. The van der Waals surface area contributed by atoms with Crippen LogP contribution in [-0.4, -0.2) is 75.3 Å². The molecule has 4 aromatic rings. The summed E-state index contributed by atoms with van der Waals surface area (Å²) >= 11 is 0. The highest BCUT2D eigenvalue weighted by Crippen LogP contribution is 2.60. The highest BCUT2D eigenvalue weighted by Gasteiger charge is 2.71. The molecule has 4 aliphatic rings. The number of hydrogen-bond donors (Lipinski definition) is 1. The molecule has 2 aromatic heterocycles. The largest absolute Gasteiger partial charge is 0.381 e. The van der Waals surface area contributed by atoms with Crippen molar-refractivity contribution in [1.82, 2.24) is 24.2 Å². The molecule has 218 valence electrons. The smallest absolute Gasteiger partial charge is 0.274 e. The summed E-state index contributed by atoms with van der Waals surface area (Å²) < 4.78 is 20.3. The number of rotatable bonds is 4. The van der Waals surface area contributed by atoms with Crippen molar-refractivity contribution in [3.63, 3.8) is 0 Å². The van der Waals surface area contributed by atoms with Gasteiger partial charge in [-0.1, -0.05) is 12.1 Å². The van der Waals surface area contributed by atoms with Gasteiger partial charge in [0, 0.05) is 49.2 Å². The average molecular weight is 572 g/mol. The van der Waals surface area contributed by atoms with Crippen molar-refractivity contribution < 1.29 is 18.7 Å². The van der Waals surface area contributed by atoms with E-state index in [1.807, 2.05) is 22.3 Å². The van der Waals surface area contributed by atoms with Crippen LogP contribution in [0.3, 0.4) is 0 Å². The Labute approximate surface area is 242 Å². The first-order chi connectivity index (χ1) is 20.3. The van der Waals surface area contributed by atoms with Crippen LogP contribution in [0.25, 0.3) is 16.6 Å². The topological polar surface area (TPSA) is 100 Å². The van der Waals surface area contributed by atoms with Crippen LogP contribution >= 0.6 is 0 Å². The summed E-state index contributed by atoms with van der Waals surface area (Å²) in [5.74, 6) is 1.21. The number of nitrogens with one attached hydrogen (secondary N) is 1. The highest BCUT2D eigenvalue weighted by molar-refractivity contribution is 5.88. The van der Waals surface area contributed by atoms with E-state index in [9.17, 15) is 18.8 Å². The van der Waals surface area contributed by atoms with E-state index in [0.29, 0.717) is 29.2 Å². The molecule has 3 unspecified atom stereocenters. The Morgan fingerprint density at radius 1 is 1.12 bits per heavy atom. The van der Waals surface area contributed by atoms with Crippen LogP contribution < -0.4 is 5.56 Å². The van der Waals surface area contributed by atoms with Gasteiger partial charge >= 0.3 is 0 Å². The molecule has 8 rings (SSSR count). The van der Waals surface area contributed by atoms with E-state index in [1.54, 1.807) is 24.4 Å². The van der Waals surface area contributed by atoms with Gasteiger partial charge in [-0.15, -0.1) is 0 Å². The highest BCUT2D eigenvalue weighted by atomic mass is 19.1. The quantitative estimate of drug-likeness (QED) is 0.374. The summed E-state index contributed by atoms with van der Waals surface area (Å²) in [6.45, 7) is 4.82. The van der Waals surface area contributed by atoms with Gasteiger partial charge in [0.1, 0.15) is 23.4 Å². The normalized spacial score (nSPS) is 25.4. The maximum absolute atomic E-state index is 12.9. The van der Waals surface area contributed by atoms with E-state index >= 15 is 0 Å². The standard InChI is InChI=1S/C17H17N3O3.C15H17FN2O/c1-10-6-14-13(7-12(10)9-21)19-17(22)15-8-18-16(20(14)15)11-2-4-23-5-3-11;1-17-12-6-7-15(12)9-18(14(19)13(15)17)8-10-2-4-11(16)5-3-10/h6-9,11H,2-5H2,1H3,(H,19,22);2-5,12-13H,6-9H2,1H3. The molecule has 10 heteroatoms. The maximum atomic E-state index is 12.9. The molecule has 2 aromatic carbocycles. The summed E-state index contributed by atoms with van der Waals surface area (Å²) in [5.41, 5.74) is 4.59. The molecule has 3 atom stereocenters. The number of fused-ring (bicyclic) bond motifs is 3. The first kappa shape index (κ1) is 27.0. The number of halogens is 1. The van der Waals surface area contributed by atoms with Gasteiger partial charge in [-0.25, -0.2) is 9.37 Å². The molecule has 1 N–H and O–H groups in total. The lowest BCUT2D eigenvalue weighted by atomic mass is 9.54. The van der Waals surface area contributed by atoms with Gasteiger partial charge in [-0.3, -0.25) is 23.7 Å². The van der Waals surface area contributed by atoms with Crippen LogP contribution in [0.4, 0.5) is 4.39 Å². The second-order valence-corrected chi connectivity index (χ2v) is 12.2. The minimum atomic E-state index is -0.228. The molecule has 1 saturated carbocycles. The minimum Gasteiger partial charge on any atom is -0.381 e. The molecule has 3 aliphatic heterocycles. The van der Waals surface area contributed by atoms with Crippen LogP contribution in [0.1, 0.15) is 58.9 Å². The molecule has 0 radical (unpaired) electrons. The van der Waals surface area contributed by atoms with Gasteiger partial charge in [0.15, 0.2) is 0 Å². The monoisotopic (exact) mass is 571 g/mol. The number of amides is 1. The zero-order valence-corrected chi connectivity index (χ0v) is 23.8. The fourth-order valence-electron chi connectivity index (χ4n) is 7.65. The van der Waals surface area contributed by atoms with Gasteiger partial charge in [-0.05, 0) is 75.0 Å². The van der Waals surface area contributed by atoms with E-state index in [1.165, 1.54) is 25.0 Å². The number of piperidine rings is 1. The Kier molecular flexibility index (Phi) is 6.51. The van der Waals surface area contributed by atoms with Crippen molar-refractivity contribution in [2.75, 3.05) is 26.8 Å². The Morgan fingerprint density at radius 3 is 2.55 bits per heavy atom. The lowest BCUT2D eigenvalue weighted by Gasteiger charge is -2.65. The van der Waals surface area contributed by atoms with Crippen molar-refractivity contribution in [3.05, 3.63) is 81.3 Å². The second-order valence-electron chi connectivity index (χ2n) is 12.2. The Bertz CT molecular complexity index is 1760. The van der Waals surface area contributed by atoms with E-state index in [-0.39, 0.29) is 34.7 Å². The number of aldehydes is 1. The molecule has 1 aliphatic carbocycles. The third kappa shape index (κ3) is 4.11. The number of hydrogen-bond acceptors (Lipinski definition) is 6. The summed E-state index contributed by atoms with van der Waals surface area (Å²) in [7, 11) is 2.06. The van der Waals surface area contributed by atoms with Crippen molar-refractivity contribution in [3.8, 4) is 0 Å². The van der Waals surface area contributed by atoms with E-state index in [4.69, 9.17) is 4.74 Å². The van der Waals surface area contributed by atoms with E-state index in [0.717, 1.165) is 61.4 Å². The van der Waals surface area contributed by atoms with Crippen molar-refractivity contribution in [1.29, 1.82) is 0 Å². The average Bonchev–Trinajstić information content (AvgIpc) is 3.55. The van der Waals surface area contributed by atoms with Gasteiger partial charge in [-0.2, -0.15) is 0 Å². The lowest BCUT2D eigenvalue weighted by Crippen LogP contribution is -2.75. The predicted molar refractivity (Wildman–Crippen MR) is 155 cm³/mol. The molecule has 3 saturated heterocycles. The SMILES string of the molecule is CN1C2CCC23CN(Cc2ccc(F)cc2)C(=O)C13.Cc1cc2c(cc1C=O)[nH]c(=O)c1cnc(C3CCOCC3)n12. The number of likely N-dealkylation sites (tertiary alicyclic amines) is 2. The van der Waals surface area contributed by atoms with Crippen molar-refractivity contribution in [2.45, 2.75) is 57.2 Å². The van der Waals surface area contributed by atoms with E-state index in [2.05, 4.69) is 21.9 Å². The second kappa shape index (κ2) is 10.1. The van der Waals surface area contributed by atoms with E-state index < -0.39 is 0 Å². The number of ether oxygens (including phenoxy) is 1. The maximum Gasteiger partial charge on any atom is 0.274 e. The van der Waals surface area contributed by atoms with Crippen molar-refractivity contribution >= 4 is 28.7 Å². The Balaban J connectivity index is 0.000000139. The van der Waals surface area contributed by atoms with Gasteiger partial charge < -0.3 is 14.6 Å². The number of nitrogens with zero attached hydrogens (tertiary/aromatic N) is 4. The zero-order chi connectivity index (χ0) is 29.2. The molecule has 0 bridgehead atoms. The lowest BCUT2D eigenvalue weighted by molar-refractivity contribution is -0.174. The summed E-state index contributed by atoms with van der Waals surface area (Å²) in [6, 6.07) is 10.8. The summed E-state index contributed by atoms with van der Waals surface area (Å²) in [5, 5.41) is 0. The zero-order valence-electron chi connectivity index (χ0n) is 23.8. The van der Waals surface area contributed by atoms with Crippen molar-refractivity contribution in [2.24, 2.45) is 5.41 Å². The number of aromatic amines is 1. The number of carbonyl (C=O) groups excluding carboxylic acids is 2. The molecular formula is C32H34FN5O4. The molecule has 4 fully saturated rings. The molecule has 42 heavy (non-hydrogen) atoms. The third-order valence-electron chi connectivity index (χ3n) is 9.92. The minimum absolute atomic E-state index is 0.103.